The molecule has 0 bridgehead atoms. The van der Waals surface area contributed by atoms with Gasteiger partial charge >= 0.3 is 6.18 Å². The van der Waals surface area contributed by atoms with E-state index in [1.54, 1.807) is 0 Å². The van der Waals surface area contributed by atoms with Crippen LogP contribution in [0.3, 0.4) is 0 Å². The number of nitrogens with two attached hydrogens (primary N) is 1. The number of amides is 1. The molecule has 2 heterocycles. The second-order valence-corrected chi connectivity index (χ2v) is 6.28. The highest BCUT2D eigenvalue weighted by atomic mass is 35.5. The Labute approximate surface area is 138 Å². The van der Waals surface area contributed by atoms with Crippen LogP contribution in [0.25, 0.3) is 0 Å². The van der Waals surface area contributed by atoms with E-state index in [0.717, 1.165) is 18.3 Å². The van der Waals surface area contributed by atoms with Crippen LogP contribution < -0.4 is 10.5 Å². The summed E-state index contributed by atoms with van der Waals surface area (Å²) in [6, 6.07) is 3.70. The number of anilines is 1. The number of halogens is 4. The Hall–Kier alpha value is -2.24. The van der Waals surface area contributed by atoms with Crippen LogP contribution in [0, 0.1) is 0 Å². The molecule has 0 saturated heterocycles. The maximum absolute atomic E-state index is 12.5. The van der Waals surface area contributed by atoms with Gasteiger partial charge in [-0.3, -0.25) is 4.79 Å². The lowest BCUT2D eigenvalue weighted by Gasteiger charge is -2.10. The second-order valence-electron chi connectivity index (χ2n) is 4.41. The summed E-state index contributed by atoms with van der Waals surface area (Å²) in [5.74, 6) is -0.882. The van der Waals surface area contributed by atoms with Gasteiger partial charge in [-0.1, -0.05) is 11.6 Å². The highest BCUT2D eigenvalue weighted by Gasteiger charge is 2.33. The average molecular weight is 381 g/mol. The number of carbonyl (C=O) groups excluding carboxylic acids is 1. The number of hydrogen-bond acceptors (Lipinski definition) is 5. The Morgan fingerprint density at radius 3 is 2.46 bits per heavy atom. The van der Waals surface area contributed by atoms with Crippen LogP contribution in [0.4, 0.5) is 18.9 Å². The second kappa shape index (κ2) is 6.34. The Morgan fingerprint density at radius 2 is 1.92 bits per heavy atom. The zero-order valence-electron chi connectivity index (χ0n) is 11.5. The molecule has 12 heteroatoms. The fourth-order valence-electron chi connectivity index (χ4n) is 1.60. The van der Waals surface area contributed by atoms with Crippen molar-refractivity contribution in [3.05, 3.63) is 46.9 Å². The van der Waals surface area contributed by atoms with Gasteiger partial charge in [0.15, 0.2) is 5.03 Å². The predicted molar refractivity (Wildman–Crippen MR) is 77.8 cm³/mol. The van der Waals surface area contributed by atoms with E-state index in [9.17, 15) is 26.4 Å². The van der Waals surface area contributed by atoms with Crippen molar-refractivity contribution in [3.8, 4) is 0 Å². The molecule has 0 aliphatic carbocycles. The zero-order chi connectivity index (χ0) is 18.1. The van der Waals surface area contributed by atoms with Gasteiger partial charge in [0.25, 0.3) is 15.9 Å². The van der Waals surface area contributed by atoms with Crippen molar-refractivity contribution in [2.75, 3.05) is 5.32 Å². The fraction of sp³-hybridized carbons (Fsp3) is 0.0833. The summed E-state index contributed by atoms with van der Waals surface area (Å²) in [6.07, 6.45) is -3.61. The molecule has 0 fully saturated rings. The van der Waals surface area contributed by atoms with Gasteiger partial charge in [-0.25, -0.2) is 23.5 Å². The van der Waals surface area contributed by atoms with Gasteiger partial charge < -0.3 is 5.32 Å². The van der Waals surface area contributed by atoms with Crippen molar-refractivity contribution >= 4 is 33.2 Å². The van der Waals surface area contributed by atoms with Crippen molar-refractivity contribution in [2.45, 2.75) is 11.2 Å². The largest absolute Gasteiger partial charge is 0.433 e. The maximum Gasteiger partial charge on any atom is 0.433 e. The van der Waals surface area contributed by atoms with E-state index >= 15 is 0 Å². The number of carbonyl (C=O) groups is 1. The van der Waals surface area contributed by atoms with E-state index in [1.165, 1.54) is 6.07 Å². The van der Waals surface area contributed by atoms with Crippen LogP contribution in [-0.4, -0.2) is 24.3 Å². The lowest BCUT2D eigenvalue weighted by Crippen LogP contribution is -2.17. The van der Waals surface area contributed by atoms with Gasteiger partial charge in [0, 0.05) is 18.0 Å². The number of primary sulfonamides is 1. The topological polar surface area (TPSA) is 115 Å². The first kappa shape index (κ1) is 18.1. The van der Waals surface area contributed by atoms with Crippen LogP contribution >= 0.6 is 11.6 Å². The minimum atomic E-state index is -4.70. The Bertz CT molecular complexity index is 903. The molecule has 0 atom stereocenters. The molecule has 0 aliphatic heterocycles. The zero-order valence-corrected chi connectivity index (χ0v) is 13.1. The van der Waals surface area contributed by atoms with Gasteiger partial charge in [-0.2, -0.15) is 13.2 Å². The first-order chi connectivity index (χ1) is 11.0. The van der Waals surface area contributed by atoms with Gasteiger partial charge in [0.2, 0.25) is 0 Å². The van der Waals surface area contributed by atoms with E-state index in [4.69, 9.17) is 16.7 Å². The van der Waals surface area contributed by atoms with Gasteiger partial charge in [0.05, 0.1) is 5.56 Å². The number of aromatic nitrogens is 2. The molecule has 1 amide bonds. The third-order valence-corrected chi connectivity index (χ3v) is 3.76. The number of rotatable bonds is 3. The Morgan fingerprint density at radius 1 is 1.25 bits per heavy atom. The van der Waals surface area contributed by atoms with Crippen molar-refractivity contribution in [1.29, 1.82) is 0 Å². The third-order valence-electron chi connectivity index (χ3n) is 2.67. The van der Waals surface area contributed by atoms with Crippen LogP contribution in [0.15, 0.2) is 35.5 Å². The Kier molecular flexibility index (Phi) is 4.78. The summed E-state index contributed by atoms with van der Waals surface area (Å²) >= 11 is 5.60. The fourth-order valence-corrected chi connectivity index (χ4v) is 2.34. The number of hydrogen-bond donors (Lipinski definition) is 2. The minimum Gasteiger partial charge on any atom is -0.322 e. The molecule has 2 rings (SSSR count). The summed E-state index contributed by atoms with van der Waals surface area (Å²) in [5.41, 5.74) is -1.56. The molecule has 2 aromatic rings. The highest BCUT2D eigenvalue weighted by Crippen LogP contribution is 2.29. The summed E-state index contributed by atoms with van der Waals surface area (Å²) in [6.45, 7) is 0. The molecule has 24 heavy (non-hydrogen) atoms. The van der Waals surface area contributed by atoms with E-state index in [-0.39, 0.29) is 11.3 Å². The van der Waals surface area contributed by atoms with E-state index in [0.29, 0.717) is 6.07 Å². The average Bonchev–Trinajstić information content (AvgIpc) is 2.45. The number of nitrogens with zero attached hydrogens (tertiary/aromatic N) is 2. The summed E-state index contributed by atoms with van der Waals surface area (Å²) in [7, 11) is -4.08. The predicted octanol–water partition coefficient (Wildman–Crippen LogP) is 2.05. The van der Waals surface area contributed by atoms with E-state index in [2.05, 4.69) is 15.3 Å². The van der Waals surface area contributed by atoms with E-state index < -0.39 is 38.0 Å². The molecule has 7 nitrogen and oxygen atoms in total. The van der Waals surface area contributed by atoms with Gasteiger partial charge in [-0.15, -0.1) is 0 Å². The van der Waals surface area contributed by atoms with Gasteiger partial charge in [0.1, 0.15) is 10.8 Å². The van der Waals surface area contributed by atoms with Crippen LogP contribution in [0.5, 0.6) is 0 Å². The molecule has 2 aromatic heterocycles. The molecule has 0 radical (unpaired) electrons. The van der Waals surface area contributed by atoms with E-state index in [1.807, 2.05) is 0 Å². The third kappa shape index (κ3) is 4.19. The molecule has 0 saturated carbocycles. The number of nitrogens with one attached hydrogen (secondary N) is 1. The number of sulfonamides is 1. The van der Waals surface area contributed by atoms with Crippen LogP contribution in [0.1, 0.15) is 16.1 Å². The highest BCUT2D eigenvalue weighted by molar-refractivity contribution is 7.89. The van der Waals surface area contributed by atoms with Crippen molar-refractivity contribution in [1.82, 2.24) is 9.97 Å². The maximum atomic E-state index is 12.5. The Balaban J connectivity index is 2.28. The molecule has 0 unspecified atom stereocenters. The van der Waals surface area contributed by atoms with Crippen molar-refractivity contribution in [3.63, 3.8) is 0 Å². The molecule has 0 aliphatic rings. The van der Waals surface area contributed by atoms with Crippen LogP contribution in [0.2, 0.25) is 5.15 Å². The standard InChI is InChI=1S/C12H8ClF3N4O3S/c13-10-7(1-2-8(20-10)12(14,15)16)11(21)19-6-3-4-18-9(5-6)24(17,22)23/h1-5H,(H2,17,22,23)(H,18,19,21). The number of pyridine rings is 2. The van der Waals surface area contributed by atoms with Crippen molar-refractivity contribution in [2.24, 2.45) is 5.14 Å². The quantitative estimate of drug-likeness (QED) is 0.791. The molecule has 0 aromatic carbocycles. The monoisotopic (exact) mass is 380 g/mol. The number of alkyl halides is 3. The normalized spacial score (nSPS) is 12.0. The summed E-state index contributed by atoms with van der Waals surface area (Å²) in [4.78, 5) is 18.7. The van der Waals surface area contributed by atoms with Gasteiger partial charge in [-0.05, 0) is 18.2 Å². The SMILES string of the molecule is NS(=O)(=O)c1cc(NC(=O)c2ccc(C(F)(F)F)nc2Cl)ccn1. The first-order valence-corrected chi connectivity index (χ1v) is 7.95. The lowest BCUT2D eigenvalue weighted by atomic mass is 10.2. The molecular weight excluding hydrogens is 373 g/mol. The first-order valence-electron chi connectivity index (χ1n) is 6.02. The lowest BCUT2D eigenvalue weighted by molar-refractivity contribution is -0.141. The summed E-state index contributed by atoms with van der Waals surface area (Å²) in [5, 5.41) is 6.03. The smallest absolute Gasteiger partial charge is 0.322 e. The molecule has 128 valence electrons. The van der Waals surface area contributed by atoms with Crippen LogP contribution in [-0.2, 0) is 16.2 Å². The van der Waals surface area contributed by atoms with Crippen molar-refractivity contribution < 1.29 is 26.4 Å². The minimum absolute atomic E-state index is 0.00925. The molecule has 0 spiro atoms. The molecule has 3 N–H and O–H groups in total. The molecular formula is C12H8ClF3N4O3S. The summed E-state index contributed by atoms with van der Waals surface area (Å²) < 4.78 is 59.9.